The first-order valence-electron chi connectivity index (χ1n) is 5.85. The van der Waals surface area contributed by atoms with E-state index in [1.54, 1.807) is 0 Å². The number of halogens is 16. The minimum Gasteiger partial charge on any atom is -0.545 e. The summed E-state index contributed by atoms with van der Waals surface area (Å²) in [5.41, 5.74) is 0. The van der Waals surface area contributed by atoms with Crippen LogP contribution < -0.4 is 34.7 Å². The number of hydrogen-bond donors (Lipinski definition) is 0. The third-order valence-electron chi connectivity index (χ3n) is 3.45. The Hall–Kier alpha value is -0.690. The molecule has 0 aromatic rings. The summed E-state index contributed by atoms with van der Waals surface area (Å²) in [4.78, 5) is 5.62. The van der Waals surface area contributed by atoms with Gasteiger partial charge in [-0.25, -0.2) is 4.39 Å². The van der Waals surface area contributed by atoms with Gasteiger partial charge in [0.15, 0.2) is 0 Å². The molecule has 166 valence electrons. The van der Waals surface area contributed by atoms with Crippen LogP contribution in [0.2, 0.25) is 0 Å². The molecule has 0 aromatic heterocycles. The van der Waals surface area contributed by atoms with Gasteiger partial charge in [-0.2, -0.15) is 65.9 Å². The molecule has 0 bridgehead atoms. The van der Waals surface area contributed by atoms with Crippen LogP contribution >= 0.6 is 0 Å². The maximum atomic E-state index is 13.7. The van der Waals surface area contributed by atoms with Gasteiger partial charge < -0.3 is 9.90 Å². The normalized spacial score (nSPS) is 29.1. The van der Waals surface area contributed by atoms with Crippen molar-refractivity contribution in [3.05, 3.63) is 0 Å². The maximum absolute atomic E-state index is 13.7. The average molecular weight is 481 g/mol. The van der Waals surface area contributed by atoms with Crippen molar-refractivity contribution in [3.8, 4) is 0 Å². The first kappa shape index (κ1) is 28.3. The number of nitrogens with zero attached hydrogens (tertiary/aromatic N) is 1. The van der Waals surface area contributed by atoms with Gasteiger partial charge in [0.25, 0.3) is 0 Å². The molecule has 1 unspecified atom stereocenters. The van der Waals surface area contributed by atoms with E-state index in [0.29, 0.717) is 0 Å². The monoisotopic (exact) mass is 481 g/mol. The molecule has 0 saturated carbocycles. The van der Waals surface area contributed by atoms with E-state index in [1.807, 2.05) is 0 Å². The first-order chi connectivity index (χ1) is 11.8. The second-order valence-corrected chi connectivity index (χ2v) is 5.12. The minimum atomic E-state index is -8.30. The molecule has 1 heterocycles. The molecule has 0 aliphatic carbocycles. The molecule has 3 nitrogen and oxygen atoms in total. The van der Waals surface area contributed by atoms with Gasteiger partial charge in [0.05, 0.1) is 0 Å². The topological polar surface area (TPSA) is 43.4 Å². The van der Waals surface area contributed by atoms with E-state index in [0.717, 1.165) is 0 Å². The van der Waals surface area contributed by atoms with Gasteiger partial charge in [-0.05, 0) is 0 Å². The number of rotatable bonds is 2. The Kier molecular flexibility index (Phi) is 6.49. The van der Waals surface area contributed by atoms with Crippen LogP contribution in [0.3, 0.4) is 0 Å². The molecule has 0 radical (unpaired) electrons. The Bertz CT molecular complexity index is 636. The molecule has 0 amide bonds. The second kappa shape index (κ2) is 6.65. The van der Waals surface area contributed by atoms with Crippen molar-refractivity contribution in [1.29, 1.82) is 0 Å². The molecule has 1 saturated heterocycles. The van der Waals surface area contributed by atoms with Crippen molar-refractivity contribution in [2.24, 2.45) is 0 Å². The molecule has 0 aromatic carbocycles. The van der Waals surface area contributed by atoms with Gasteiger partial charge in [0, 0.05) is 0 Å². The first-order valence-corrected chi connectivity index (χ1v) is 5.85. The van der Waals surface area contributed by atoms with Crippen molar-refractivity contribution in [3.63, 3.8) is 0 Å². The molecule has 1 fully saturated rings. The molecular formula is C9F16NNaO2. The van der Waals surface area contributed by atoms with E-state index in [2.05, 4.69) is 0 Å². The third kappa shape index (κ3) is 2.93. The number of hydrogen-bond acceptors (Lipinski definition) is 3. The van der Waals surface area contributed by atoms with Gasteiger partial charge >= 0.3 is 77.3 Å². The van der Waals surface area contributed by atoms with Gasteiger partial charge in [-0.3, -0.25) is 0 Å². The third-order valence-corrected chi connectivity index (χ3v) is 3.45. The quantitative estimate of drug-likeness (QED) is 0.318. The van der Waals surface area contributed by atoms with E-state index in [4.69, 9.17) is 0 Å². The van der Waals surface area contributed by atoms with E-state index in [-0.39, 0.29) is 29.6 Å². The molecule has 0 N–H and O–H groups in total. The molecule has 1 atom stereocenters. The zero-order valence-corrected chi connectivity index (χ0v) is 14.8. The Morgan fingerprint density at radius 1 is 0.621 bits per heavy atom. The smallest absolute Gasteiger partial charge is 0.545 e. The van der Waals surface area contributed by atoms with Crippen molar-refractivity contribution in [2.45, 2.75) is 47.8 Å². The maximum Gasteiger partial charge on any atom is 1.00 e. The SMILES string of the molecule is O=C([O-])C(F)(N1C(F)(F)C(F)(F)C(F)(F)C(F)(F)C(F)(F)C1(F)F)C(F)(F)F.[Na+]. The summed E-state index contributed by atoms with van der Waals surface area (Å²) in [6.07, 6.45) is -7.79. The van der Waals surface area contributed by atoms with Gasteiger partial charge in [-0.15, -0.1) is 4.90 Å². The largest absolute Gasteiger partial charge is 1.00 e. The average Bonchev–Trinajstić information content (AvgIpc) is 2.43. The number of aliphatic carboxylic acids is 1. The van der Waals surface area contributed by atoms with Crippen molar-refractivity contribution < 1.29 is 110 Å². The number of carbonyl (C=O) groups excluding carboxylic acids is 1. The van der Waals surface area contributed by atoms with Crippen molar-refractivity contribution >= 4 is 5.97 Å². The summed E-state index contributed by atoms with van der Waals surface area (Å²) in [5, 5.41) is 10.2. The number of likely N-dealkylation sites (tertiary alicyclic amines) is 1. The van der Waals surface area contributed by atoms with Crippen LogP contribution in [0.4, 0.5) is 70.2 Å². The Labute approximate surface area is 168 Å². The number of alkyl halides is 16. The number of carboxylic acid groups (broad SMARTS) is 1. The van der Waals surface area contributed by atoms with Crippen molar-refractivity contribution in [2.75, 3.05) is 0 Å². The van der Waals surface area contributed by atoms with E-state index in [1.165, 1.54) is 0 Å². The fourth-order valence-electron chi connectivity index (χ4n) is 1.95. The minimum absolute atomic E-state index is 0. The molecule has 20 heteroatoms. The second-order valence-electron chi connectivity index (χ2n) is 5.12. The summed E-state index contributed by atoms with van der Waals surface area (Å²) in [7, 11) is 0. The zero-order valence-electron chi connectivity index (χ0n) is 12.8. The van der Waals surface area contributed by atoms with Gasteiger partial charge in [-0.1, -0.05) is 0 Å². The summed E-state index contributed by atoms with van der Waals surface area (Å²) in [6, 6.07) is -16.6. The molecule has 29 heavy (non-hydrogen) atoms. The zero-order chi connectivity index (χ0) is 23.2. The predicted molar refractivity (Wildman–Crippen MR) is 46.4 cm³/mol. The number of carboxylic acids is 1. The summed E-state index contributed by atoms with van der Waals surface area (Å²) < 4.78 is 210. The Balaban J connectivity index is 0.00000784. The van der Waals surface area contributed by atoms with E-state index >= 15 is 0 Å². The van der Waals surface area contributed by atoms with E-state index < -0.39 is 58.6 Å². The summed E-state index contributed by atoms with van der Waals surface area (Å²) in [6.45, 7) is 0. The van der Waals surface area contributed by atoms with Gasteiger partial charge in [0.2, 0.25) is 0 Å². The molecule has 1 rings (SSSR count). The Morgan fingerprint density at radius 2 is 0.862 bits per heavy atom. The van der Waals surface area contributed by atoms with Crippen LogP contribution in [-0.2, 0) is 4.79 Å². The van der Waals surface area contributed by atoms with Crippen LogP contribution in [0.15, 0.2) is 0 Å². The predicted octanol–water partition coefficient (Wildman–Crippen LogP) is 0.0108. The van der Waals surface area contributed by atoms with Crippen molar-refractivity contribution in [1.82, 2.24) is 4.90 Å². The van der Waals surface area contributed by atoms with Gasteiger partial charge in [0.1, 0.15) is 5.97 Å². The summed E-state index contributed by atoms with van der Waals surface area (Å²) >= 11 is 0. The van der Waals surface area contributed by atoms with Crippen LogP contribution in [0, 0.1) is 0 Å². The fraction of sp³-hybridized carbons (Fsp3) is 0.889. The number of carbonyl (C=O) groups is 1. The molecule has 1 aliphatic heterocycles. The Morgan fingerprint density at radius 3 is 1.03 bits per heavy atom. The van der Waals surface area contributed by atoms with Crippen LogP contribution in [-0.4, -0.2) is 58.6 Å². The summed E-state index contributed by atoms with van der Waals surface area (Å²) in [5.74, 6) is -45.8. The van der Waals surface area contributed by atoms with Crippen LogP contribution in [0.1, 0.15) is 0 Å². The fourth-order valence-corrected chi connectivity index (χ4v) is 1.95. The molecular weight excluding hydrogens is 481 g/mol. The van der Waals surface area contributed by atoms with Crippen LogP contribution in [0.25, 0.3) is 0 Å². The molecule has 0 spiro atoms. The molecule has 1 aliphatic rings. The van der Waals surface area contributed by atoms with Crippen LogP contribution in [0.5, 0.6) is 0 Å². The standard InChI is InChI=1S/C9HF16NO2.Na/c10-2(1(27)28,7(19,20)21)26-8(22,23)5(15,16)3(11,12)4(13,14)6(17,18)9(26,24)25;/h(H,27,28);/q;+1/p-1. The van der Waals surface area contributed by atoms with E-state index in [9.17, 15) is 80.1 Å².